The van der Waals surface area contributed by atoms with E-state index in [0.717, 1.165) is 5.56 Å². The fraction of sp³-hybridized carbons (Fsp3) is 0.185. The maximum Gasteiger partial charge on any atom is 0.290 e. The van der Waals surface area contributed by atoms with Crippen LogP contribution in [0, 0.1) is 0 Å². The Morgan fingerprint density at radius 3 is 2.48 bits per heavy atom. The van der Waals surface area contributed by atoms with Gasteiger partial charge in [-0.2, -0.15) is 0 Å². The molecule has 1 aliphatic rings. The molecular weight excluding hydrogens is 418 g/mol. The molecule has 0 fully saturated rings. The Bertz CT molecular complexity index is 1360. The SMILES string of the molecule is COCCCN1C(=O)c2oc3ccccc3c(=O)c2[C@@H]1c1cccc(Oc2ccccc2)c1. The first-order chi connectivity index (χ1) is 16.2. The van der Waals surface area contributed by atoms with Crippen molar-refractivity contribution in [3.63, 3.8) is 0 Å². The monoisotopic (exact) mass is 441 g/mol. The van der Waals surface area contributed by atoms with Crippen LogP contribution in [0.3, 0.4) is 0 Å². The molecule has 166 valence electrons. The molecule has 2 heterocycles. The van der Waals surface area contributed by atoms with E-state index in [9.17, 15) is 9.59 Å². The first-order valence-corrected chi connectivity index (χ1v) is 10.9. The second-order valence-electron chi connectivity index (χ2n) is 7.91. The van der Waals surface area contributed by atoms with E-state index < -0.39 is 6.04 Å². The zero-order valence-electron chi connectivity index (χ0n) is 18.2. The smallest absolute Gasteiger partial charge is 0.290 e. The molecule has 1 aromatic heterocycles. The van der Waals surface area contributed by atoms with E-state index in [4.69, 9.17) is 13.9 Å². The Hall–Kier alpha value is -3.90. The Balaban J connectivity index is 1.61. The number of carbonyl (C=O) groups excluding carboxylic acids is 1. The number of hydrogen-bond donors (Lipinski definition) is 0. The quantitative estimate of drug-likeness (QED) is 0.370. The molecule has 1 aliphatic heterocycles. The van der Waals surface area contributed by atoms with Crippen LogP contribution in [-0.2, 0) is 4.74 Å². The highest BCUT2D eigenvalue weighted by Crippen LogP contribution is 2.39. The Morgan fingerprint density at radius 1 is 0.909 bits per heavy atom. The molecule has 0 spiro atoms. The third-order valence-corrected chi connectivity index (χ3v) is 5.77. The van der Waals surface area contributed by atoms with Crippen molar-refractivity contribution in [3.05, 3.63) is 106 Å². The second-order valence-corrected chi connectivity index (χ2v) is 7.91. The normalized spacial score (nSPS) is 15.1. The third kappa shape index (κ3) is 3.90. The average Bonchev–Trinajstić information content (AvgIpc) is 3.12. The van der Waals surface area contributed by atoms with Crippen molar-refractivity contribution in [1.82, 2.24) is 4.90 Å². The summed E-state index contributed by atoms with van der Waals surface area (Å²) < 4.78 is 17.1. The van der Waals surface area contributed by atoms with Crippen LogP contribution in [0.5, 0.6) is 11.5 Å². The van der Waals surface area contributed by atoms with Crippen molar-refractivity contribution in [3.8, 4) is 11.5 Å². The summed E-state index contributed by atoms with van der Waals surface area (Å²) >= 11 is 0. The van der Waals surface area contributed by atoms with Gasteiger partial charge in [0, 0.05) is 20.3 Å². The summed E-state index contributed by atoms with van der Waals surface area (Å²) in [5.41, 5.74) is 1.38. The fourth-order valence-corrected chi connectivity index (χ4v) is 4.30. The molecule has 0 aliphatic carbocycles. The third-order valence-electron chi connectivity index (χ3n) is 5.77. The maximum atomic E-state index is 13.5. The maximum absolute atomic E-state index is 13.5. The number of amides is 1. The predicted octanol–water partition coefficient (Wildman–Crippen LogP) is 5.17. The van der Waals surface area contributed by atoms with Crippen molar-refractivity contribution in [1.29, 1.82) is 0 Å². The van der Waals surface area contributed by atoms with Gasteiger partial charge in [0.1, 0.15) is 17.1 Å². The van der Waals surface area contributed by atoms with E-state index >= 15 is 0 Å². The van der Waals surface area contributed by atoms with Gasteiger partial charge in [0.15, 0.2) is 5.43 Å². The molecule has 0 saturated carbocycles. The Kier molecular flexibility index (Phi) is 5.67. The number of carbonyl (C=O) groups is 1. The van der Waals surface area contributed by atoms with Crippen molar-refractivity contribution < 1.29 is 18.7 Å². The summed E-state index contributed by atoms with van der Waals surface area (Å²) in [4.78, 5) is 28.6. The second kappa shape index (κ2) is 8.92. The summed E-state index contributed by atoms with van der Waals surface area (Å²) in [6, 6.07) is 23.4. The van der Waals surface area contributed by atoms with Crippen LogP contribution in [0.4, 0.5) is 0 Å². The van der Waals surface area contributed by atoms with Gasteiger partial charge in [0.25, 0.3) is 5.91 Å². The topological polar surface area (TPSA) is 69.0 Å². The molecule has 0 saturated heterocycles. The van der Waals surface area contributed by atoms with Gasteiger partial charge < -0.3 is 18.8 Å². The lowest BCUT2D eigenvalue weighted by Crippen LogP contribution is -2.31. The highest BCUT2D eigenvalue weighted by molar-refractivity contribution is 5.99. The van der Waals surface area contributed by atoms with E-state index in [0.29, 0.717) is 47.6 Å². The van der Waals surface area contributed by atoms with Gasteiger partial charge in [-0.05, 0) is 48.4 Å². The van der Waals surface area contributed by atoms with Gasteiger partial charge in [-0.3, -0.25) is 9.59 Å². The predicted molar refractivity (Wildman–Crippen MR) is 125 cm³/mol. The van der Waals surface area contributed by atoms with Gasteiger partial charge >= 0.3 is 0 Å². The molecule has 3 aromatic carbocycles. The zero-order valence-corrected chi connectivity index (χ0v) is 18.2. The van der Waals surface area contributed by atoms with E-state index in [1.54, 1.807) is 36.3 Å². The Morgan fingerprint density at radius 2 is 1.67 bits per heavy atom. The molecule has 0 bridgehead atoms. The molecule has 1 atom stereocenters. The van der Waals surface area contributed by atoms with Crippen molar-refractivity contribution in [2.45, 2.75) is 12.5 Å². The average molecular weight is 441 g/mol. The minimum atomic E-state index is -0.565. The van der Waals surface area contributed by atoms with E-state index in [1.807, 2.05) is 54.6 Å². The van der Waals surface area contributed by atoms with Gasteiger partial charge in [0.2, 0.25) is 5.76 Å². The summed E-state index contributed by atoms with van der Waals surface area (Å²) in [6.07, 6.45) is 0.640. The van der Waals surface area contributed by atoms with Crippen molar-refractivity contribution >= 4 is 16.9 Å². The first-order valence-electron chi connectivity index (χ1n) is 10.9. The van der Waals surface area contributed by atoms with Gasteiger partial charge in [0.05, 0.1) is 17.0 Å². The van der Waals surface area contributed by atoms with Crippen molar-refractivity contribution in [2.24, 2.45) is 0 Å². The molecule has 5 rings (SSSR count). The molecular formula is C27H23NO5. The summed E-state index contributed by atoms with van der Waals surface area (Å²) in [5.74, 6) is 1.15. The first kappa shape index (κ1) is 21.0. The van der Waals surface area contributed by atoms with Crippen LogP contribution in [0.25, 0.3) is 11.0 Å². The number of benzene rings is 3. The van der Waals surface area contributed by atoms with Crippen LogP contribution in [-0.4, -0.2) is 31.1 Å². The van der Waals surface area contributed by atoms with E-state index in [-0.39, 0.29) is 17.1 Å². The molecule has 0 radical (unpaired) electrons. The Labute approximate surface area is 191 Å². The molecule has 0 N–H and O–H groups in total. The number of hydrogen-bond acceptors (Lipinski definition) is 5. The number of para-hydroxylation sites is 2. The van der Waals surface area contributed by atoms with Gasteiger partial charge in [-0.1, -0.05) is 42.5 Å². The lowest BCUT2D eigenvalue weighted by molar-refractivity contribution is 0.0707. The van der Waals surface area contributed by atoms with E-state index in [1.165, 1.54) is 0 Å². The summed E-state index contributed by atoms with van der Waals surface area (Å²) in [7, 11) is 1.63. The molecule has 6 nitrogen and oxygen atoms in total. The van der Waals surface area contributed by atoms with Crippen LogP contribution < -0.4 is 10.2 Å². The molecule has 4 aromatic rings. The molecule has 6 heteroatoms. The standard InChI is InChI=1S/C27H23NO5/c1-31-16-8-15-28-24(18-9-7-12-20(17-18)32-19-10-3-2-4-11-19)23-25(29)21-13-5-6-14-22(21)33-26(23)27(28)30/h2-7,9-14,17,24H,8,15-16H2,1H3/t24-/m0/s1. The summed E-state index contributed by atoms with van der Waals surface area (Å²) in [5, 5.41) is 0.462. The zero-order chi connectivity index (χ0) is 22.8. The number of methoxy groups -OCH3 is 1. The lowest BCUT2D eigenvalue weighted by atomic mass is 9.98. The minimum absolute atomic E-state index is 0.107. The van der Waals surface area contributed by atoms with Crippen molar-refractivity contribution in [2.75, 3.05) is 20.3 Å². The molecule has 33 heavy (non-hydrogen) atoms. The van der Waals surface area contributed by atoms with Crippen LogP contribution in [0.2, 0.25) is 0 Å². The largest absolute Gasteiger partial charge is 0.457 e. The van der Waals surface area contributed by atoms with Gasteiger partial charge in [-0.15, -0.1) is 0 Å². The highest BCUT2D eigenvalue weighted by Gasteiger charge is 2.42. The fourth-order valence-electron chi connectivity index (χ4n) is 4.30. The lowest BCUT2D eigenvalue weighted by Gasteiger charge is -2.25. The number of ether oxygens (including phenoxy) is 2. The number of fused-ring (bicyclic) bond motifs is 2. The molecule has 1 amide bonds. The van der Waals surface area contributed by atoms with Crippen LogP contribution in [0.1, 0.15) is 34.1 Å². The number of rotatable bonds is 7. The van der Waals surface area contributed by atoms with E-state index in [2.05, 4.69) is 0 Å². The molecule has 0 unspecified atom stereocenters. The van der Waals surface area contributed by atoms with Gasteiger partial charge in [-0.25, -0.2) is 0 Å². The van der Waals surface area contributed by atoms with Crippen LogP contribution in [0.15, 0.2) is 88.1 Å². The number of nitrogens with zero attached hydrogens (tertiary/aromatic N) is 1. The summed E-state index contributed by atoms with van der Waals surface area (Å²) in [6.45, 7) is 0.939. The highest BCUT2D eigenvalue weighted by atomic mass is 16.5. The van der Waals surface area contributed by atoms with Crippen LogP contribution >= 0.6 is 0 Å². The minimum Gasteiger partial charge on any atom is -0.457 e.